The zero-order valence-electron chi connectivity index (χ0n) is 11.6. The third kappa shape index (κ3) is 4.62. The fourth-order valence-corrected chi connectivity index (χ4v) is 2.29. The summed E-state index contributed by atoms with van der Waals surface area (Å²) in [7, 11) is 0. The molecule has 2 atom stereocenters. The van der Waals surface area contributed by atoms with Gasteiger partial charge in [0.15, 0.2) is 0 Å². The van der Waals surface area contributed by atoms with Crippen LogP contribution < -0.4 is 10.6 Å². The van der Waals surface area contributed by atoms with Gasteiger partial charge in [-0.15, -0.1) is 12.4 Å². The molecule has 2 unspecified atom stereocenters. The third-order valence-electron chi connectivity index (χ3n) is 3.44. The van der Waals surface area contributed by atoms with Gasteiger partial charge < -0.3 is 10.4 Å². The first-order valence-electron chi connectivity index (χ1n) is 6.51. The molecule has 0 radical (unpaired) electrons. The normalized spacial score (nSPS) is 21.4. The molecule has 4 nitrogen and oxygen atoms in total. The molecule has 1 amide bonds. The smallest absolute Gasteiger partial charge is 0.262 e. The zero-order chi connectivity index (χ0) is 14.8. The van der Waals surface area contributed by atoms with Crippen LogP contribution in [0.4, 0.5) is 8.78 Å². The number of alkyl halides is 2. The molecule has 118 valence electrons. The van der Waals surface area contributed by atoms with Crippen molar-refractivity contribution in [3.8, 4) is 0 Å². The summed E-state index contributed by atoms with van der Waals surface area (Å²) in [6.45, 7) is 1.39. The van der Waals surface area contributed by atoms with Gasteiger partial charge in [0.2, 0.25) is 5.91 Å². The van der Waals surface area contributed by atoms with Gasteiger partial charge >= 0.3 is 0 Å². The largest absolute Gasteiger partial charge is 0.387 e. The van der Waals surface area contributed by atoms with Crippen molar-refractivity contribution in [1.82, 2.24) is 10.6 Å². The van der Waals surface area contributed by atoms with E-state index in [1.54, 1.807) is 12.1 Å². The van der Waals surface area contributed by atoms with Crippen molar-refractivity contribution in [2.45, 2.75) is 31.4 Å². The number of amides is 1. The second kappa shape index (κ2) is 7.15. The number of rotatable bonds is 4. The molecule has 1 heterocycles. The average molecular weight is 321 g/mol. The quantitative estimate of drug-likeness (QED) is 0.789. The van der Waals surface area contributed by atoms with E-state index >= 15 is 0 Å². The molecule has 7 heteroatoms. The number of hydrogen-bond acceptors (Lipinski definition) is 3. The third-order valence-corrected chi connectivity index (χ3v) is 3.44. The highest BCUT2D eigenvalue weighted by Gasteiger charge is 2.42. The van der Waals surface area contributed by atoms with Crippen molar-refractivity contribution < 1.29 is 18.7 Å². The topological polar surface area (TPSA) is 61.4 Å². The number of carbonyl (C=O) groups excluding carboxylic acids is 1. The van der Waals surface area contributed by atoms with Gasteiger partial charge in [-0.2, -0.15) is 0 Å². The van der Waals surface area contributed by atoms with E-state index in [4.69, 9.17) is 0 Å². The minimum Gasteiger partial charge on any atom is -0.387 e. The summed E-state index contributed by atoms with van der Waals surface area (Å²) >= 11 is 0. The highest BCUT2D eigenvalue weighted by molar-refractivity contribution is 5.85. The fraction of sp³-hybridized carbons (Fsp3) is 0.500. The molecular weight excluding hydrogens is 302 g/mol. The van der Waals surface area contributed by atoms with Gasteiger partial charge in [-0.05, 0) is 18.1 Å². The molecule has 1 aliphatic rings. The second-order valence-electron chi connectivity index (χ2n) is 5.11. The van der Waals surface area contributed by atoms with Crippen molar-refractivity contribution in [2.75, 3.05) is 13.1 Å². The van der Waals surface area contributed by atoms with Gasteiger partial charge in [0.25, 0.3) is 5.92 Å². The summed E-state index contributed by atoms with van der Waals surface area (Å²) in [6, 6.07) is 6.39. The van der Waals surface area contributed by atoms with Gasteiger partial charge in [0.05, 0.1) is 18.7 Å². The maximum Gasteiger partial charge on any atom is 0.262 e. The number of aliphatic hydroxyl groups excluding tert-OH is 1. The predicted octanol–water partition coefficient (Wildman–Crippen LogP) is 1.56. The van der Waals surface area contributed by atoms with E-state index in [1.807, 2.05) is 19.1 Å². The summed E-state index contributed by atoms with van der Waals surface area (Å²) in [5, 5.41) is 15.0. The lowest BCUT2D eigenvalue weighted by Crippen LogP contribution is -2.41. The number of carbonyl (C=O) groups is 1. The summed E-state index contributed by atoms with van der Waals surface area (Å²) < 4.78 is 26.0. The molecule has 1 saturated heterocycles. The molecule has 1 aromatic carbocycles. The molecule has 1 aliphatic heterocycles. The number of benzene rings is 1. The SMILES string of the molecule is Cc1ccccc1C(O)CNC(=O)C1CC(F)(F)CN1.Cl. The molecule has 1 fully saturated rings. The van der Waals surface area contributed by atoms with Gasteiger partial charge in [-0.25, -0.2) is 8.78 Å². The Labute approximate surface area is 128 Å². The highest BCUT2D eigenvalue weighted by Crippen LogP contribution is 2.25. The lowest BCUT2D eigenvalue weighted by Gasteiger charge is -2.16. The van der Waals surface area contributed by atoms with Crippen LogP contribution in [0.1, 0.15) is 23.7 Å². The summed E-state index contributed by atoms with van der Waals surface area (Å²) in [5.41, 5.74) is 1.64. The van der Waals surface area contributed by atoms with Crippen LogP contribution >= 0.6 is 12.4 Å². The molecular formula is C14H19ClF2N2O2. The van der Waals surface area contributed by atoms with Crippen LogP contribution in [0.15, 0.2) is 24.3 Å². The first-order chi connectivity index (χ1) is 9.39. The Balaban J connectivity index is 0.00000220. The Morgan fingerprint density at radius 1 is 1.52 bits per heavy atom. The number of halogens is 3. The molecule has 21 heavy (non-hydrogen) atoms. The van der Waals surface area contributed by atoms with E-state index in [2.05, 4.69) is 10.6 Å². The highest BCUT2D eigenvalue weighted by atomic mass is 35.5. The number of aryl methyl sites for hydroxylation is 1. The average Bonchev–Trinajstić information content (AvgIpc) is 2.76. The molecule has 0 bridgehead atoms. The van der Waals surface area contributed by atoms with Crippen LogP contribution in [0.3, 0.4) is 0 Å². The Morgan fingerprint density at radius 2 is 2.19 bits per heavy atom. The van der Waals surface area contributed by atoms with Crippen molar-refractivity contribution >= 4 is 18.3 Å². The monoisotopic (exact) mass is 320 g/mol. The minimum absolute atomic E-state index is 0. The number of hydrogen-bond donors (Lipinski definition) is 3. The van der Waals surface area contributed by atoms with Crippen LogP contribution in [0, 0.1) is 6.92 Å². The van der Waals surface area contributed by atoms with Crippen LogP contribution in [-0.2, 0) is 4.79 Å². The summed E-state index contributed by atoms with van der Waals surface area (Å²) in [6.07, 6.45) is -1.35. The van der Waals surface area contributed by atoms with E-state index in [9.17, 15) is 18.7 Å². The fourth-order valence-electron chi connectivity index (χ4n) is 2.29. The van der Waals surface area contributed by atoms with Crippen LogP contribution in [0.5, 0.6) is 0 Å². The molecule has 0 saturated carbocycles. The van der Waals surface area contributed by atoms with Crippen molar-refractivity contribution in [3.63, 3.8) is 0 Å². The number of nitrogens with one attached hydrogen (secondary N) is 2. The van der Waals surface area contributed by atoms with Crippen molar-refractivity contribution in [3.05, 3.63) is 35.4 Å². The standard InChI is InChI=1S/C14H18F2N2O2.ClH/c1-9-4-2-3-5-10(9)12(19)7-17-13(20)11-6-14(15,16)8-18-11;/h2-5,11-12,18-19H,6-8H2,1H3,(H,17,20);1H. The Bertz CT molecular complexity index is 500. The predicted molar refractivity (Wildman–Crippen MR) is 77.8 cm³/mol. The van der Waals surface area contributed by atoms with Crippen LogP contribution in [-0.4, -0.2) is 36.1 Å². The Kier molecular flexibility index (Phi) is 6.07. The van der Waals surface area contributed by atoms with Crippen LogP contribution in [0.2, 0.25) is 0 Å². The zero-order valence-corrected chi connectivity index (χ0v) is 12.4. The number of aliphatic hydroxyl groups is 1. The first kappa shape index (κ1) is 17.8. The van der Waals surface area contributed by atoms with E-state index in [1.165, 1.54) is 0 Å². The van der Waals surface area contributed by atoms with Crippen molar-refractivity contribution in [2.24, 2.45) is 0 Å². The maximum absolute atomic E-state index is 13.0. The molecule has 0 aliphatic carbocycles. The Hall–Kier alpha value is -1.24. The van der Waals surface area contributed by atoms with Gasteiger partial charge in [0.1, 0.15) is 0 Å². The van der Waals surface area contributed by atoms with E-state index in [0.29, 0.717) is 0 Å². The lowest BCUT2D eigenvalue weighted by molar-refractivity contribution is -0.123. The van der Waals surface area contributed by atoms with E-state index in [0.717, 1.165) is 11.1 Å². The van der Waals surface area contributed by atoms with Gasteiger partial charge in [0, 0.05) is 13.0 Å². The molecule has 1 aromatic rings. The van der Waals surface area contributed by atoms with E-state index < -0.39 is 36.9 Å². The lowest BCUT2D eigenvalue weighted by atomic mass is 10.0. The molecule has 0 aromatic heterocycles. The maximum atomic E-state index is 13.0. The second-order valence-corrected chi connectivity index (χ2v) is 5.11. The van der Waals surface area contributed by atoms with Crippen molar-refractivity contribution in [1.29, 1.82) is 0 Å². The summed E-state index contributed by atoms with van der Waals surface area (Å²) in [5.74, 6) is -3.34. The van der Waals surface area contributed by atoms with Gasteiger partial charge in [-0.3, -0.25) is 10.1 Å². The summed E-state index contributed by atoms with van der Waals surface area (Å²) in [4.78, 5) is 11.7. The minimum atomic E-state index is -2.84. The van der Waals surface area contributed by atoms with Gasteiger partial charge in [-0.1, -0.05) is 24.3 Å². The molecule has 3 N–H and O–H groups in total. The molecule has 0 spiro atoms. The van der Waals surface area contributed by atoms with Crippen LogP contribution in [0.25, 0.3) is 0 Å². The Morgan fingerprint density at radius 3 is 2.76 bits per heavy atom. The first-order valence-corrected chi connectivity index (χ1v) is 6.51. The van der Waals surface area contributed by atoms with E-state index in [-0.39, 0.29) is 19.0 Å². The molecule has 2 rings (SSSR count).